The van der Waals surface area contributed by atoms with Gasteiger partial charge < -0.3 is 0 Å². The standard InChI is InChI=1S/C36H29NSi/c1-38(2,3)29-16-19-36(37-23-29)28-15-18-33-32-17-14-27(26-13-12-24-8-4-5-9-25(24)20-26)21-34(32)30-10-6-7-11-31(30)35(33)22-28/h4-23H,1-3H3. The normalized spacial score (nSPS) is 12.1. The van der Waals surface area contributed by atoms with E-state index in [9.17, 15) is 0 Å². The van der Waals surface area contributed by atoms with E-state index in [1.165, 1.54) is 59.4 Å². The first-order valence-electron chi connectivity index (χ1n) is 13.3. The molecule has 0 atom stereocenters. The number of benzene rings is 6. The molecule has 0 radical (unpaired) electrons. The molecule has 0 fully saturated rings. The Morgan fingerprint density at radius 1 is 0.447 bits per heavy atom. The quantitative estimate of drug-likeness (QED) is 0.173. The average molecular weight is 504 g/mol. The monoisotopic (exact) mass is 503 g/mol. The second kappa shape index (κ2) is 8.65. The highest BCUT2D eigenvalue weighted by Gasteiger charge is 2.17. The smallest absolute Gasteiger partial charge is 0.0796 e. The molecule has 0 aliphatic rings. The van der Waals surface area contributed by atoms with Crippen molar-refractivity contribution in [1.82, 2.24) is 4.98 Å². The van der Waals surface area contributed by atoms with E-state index >= 15 is 0 Å². The maximum atomic E-state index is 4.87. The number of rotatable bonds is 3. The zero-order valence-electron chi connectivity index (χ0n) is 22.0. The van der Waals surface area contributed by atoms with E-state index in [1.807, 2.05) is 0 Å². The second-order valence-corrected chi connectivity index (χ2v) is 16.4. The van der Waals surface area contributed by atoms with Crippen LogP contribution in [0.1, 0.15) is 0 Å². The van der Waals surface area contributed by atoms with Crippen LogP contribution in [0.3, 0.4) is 0 Å². The van der Waals surface area contributed by atoms with E-state index in [-0.39, 0.29) is 0 Å². The van der Waals surface area contributed by atoms with Gasteiger partial charge in [-0.05, 0) is 83.7 Å². The summed E-state index contributed by atoms with van der Waals surface area (Å²) < 4.78 is 0. The van der Waals surface area contributed by atoms with Crippen LogP contribution in [0.15, 0.2) is 121 Å². The van der Waals surface area contributed by atoms with E-state index in [4.69, 9.17) is 4.98 Å². The van der Waals surface area contributed by atoms with Gasteiger partial charge in [-0.25, -0.2) is 0 Å². The second-order valence-electron chi connectivity index (χ2n) is 11.3. The van der Waals surface area contributed by atoms with E-state index in [0.29, 0.717) is 0 Å². The zero-order valence-corrected chi connectivity index (χ0v) is 23.0. The summed E-state index contributed by atoms with van der Waals surface area (Å²) in [5, 5.41) is 11.7. The predicted molar refractivity (Wildman–Crippen MR) is 168 cm³/mol. The SMILES string of the molecule is C[Si](C)(C)c1ccc(-c2ccc3c4ccc(-c5ccc6ccccc6c5)cc4c4ccccc4c3c2)nc1. The van der Waals surface area contributed by atoms with Crippen LogP contribution in [-0.2, 0) is 0 Å². The van der Waals surface area contributed by atoms with Crippen molar-refractivity contribution in [2.75, 3.05) is 0 Å². The van der Waals surface area contributed by atoms with Gasteiger partial charge in [0.15, 0.2) is 0 Å². The van der Waals surface area contributed by atoms with Gasteiger partial charge in [0.1, 0.15) is 0 Å². The molecule has 1 heterocycles. The molecule has 0 aliphatic carbocycles. The lowest BCUT2D eigenvalue weighted by Crippen LogP contribution is -2.37. The Morgan fingerprint density at radius 2 is 1.00 bits per heavy atom. The number of hydrogen-bond donors (Lipinski definition) is 0. The Hall–Kier alpha value is -4.27. The molecule has 182 valence electrons. The fourth-order valence-corrected chi connectivity index (χ4v) is 6.71. The minimum Gasteiger partial charge on any atom is -0.256 e. The lowest BCUT2D eigenvalue weighted by atomic mass is 9.90. The van der Waals surface area contributed by atoms with Gasteiger partial charge in [-0.3, -0.25) is 4.98 Å². The maximum Gasteiger partial charge on any atom is 0.0796 e. The van der Waals surface area contributed by atoms with Gasteiger partial charge in [0.2, 0.25) is 0 Å². The zero-order chi connectivity index (χ0) is 25.9. The highest BCUT2D eigenvalue weighted by molar-refractivity contribution is 6.88. The van der Waals surface area contributed by atoms with Crippen molar-refractivity contribution in [1.29, 1.82) is 0 Å². The van der Waals surface area contributed by atoms with Gasteiger partial charge >= 0.3 is 0 Å². The van der Waals surface area contributed by atoms with Crippen molar-refractivity contribution in [3.8, 4) is 22.4 Å². The fraction of sp³-hybridized carbons (Fsp3) is 0.0833. The molecule has 0 saturated heterocycles. The Kier molecular flexibility index (Phi) is 5.21. The van der Waals surface area contributed by atoms with Crippen molar-refractivity contribution in [2.45, 2.75) is 19.6 Å². The third-order valence-electron chi connectivity index (χ3n) is 7.84. The molecular formula is C36H29NSi. The van der Waals surface area contributed by atoms with Crippen LogP contribution >= 0.6 is 0 Å². The van der Waals surface area contributed by atoms with Crippen molar-refractivity contribution in [2.24, 2.45) is 0 Å². The van der Waals surface area contributed by atoms with E-state index in [0.717, 1.165) is 11.3 Å². The number of pyridine rings is 1. The summed E-state index contributed by atoms with van der Waals surface area (Å²) in [6, 6.07) is 42.4. The molecule has 0 N–H and O–H groups in total. The lowest BCUT2D eigenvalue weighted by Gasteiger charge is -2.16. The molecule has 7 aromatic rings. The van der Waals surface area contributed by atoms with Gasteiger partial charge in [-0.15, -0.1) is 0 Å². The summed E-state index contributed by atoms with van der Waals surface area (Å²) >= 11 is 0. The molecule has 38 heavy (non-hydrogen) atoms. The molecule has 0 unspecified atom stereocenters. The first-order chi connectivity index (χ1) is 18.5. The van der Waals surface area contributed by atoms with Crippen LogP contribution in [0.4, 0.5) is 0 Å². The summed E-state index contributed by atoms with van der Waals surface area (Å²) in [5.41, 5.74) is 4.69. The Morgan fingerprint density at radius 3 is 1.66 bits per heavy atom. The molecule has 7 rings (SSSR count). The molecule has 0 bridgehead atoms. The van der Waals surface area contributed by atoms with Crippen molar-refractivity contribution < 1.29 is 0 Å². The van der Waals surface area contributed by atoms with Gasteiger partial charge in [-0.1, -0.05) is 111 Å². The molecule has 1 aromatic heterocycles. The van der Waals surface area contributed by atoms with Crippen LogP contribution in [0, 0.1) is 0 Å². The largest absolute Gasteiger partial charge is 0.256 e. The summed E-state index contributed by atoms with van der Waals surface area (Å²) in [6.45, 7) is 7.09. The van der Waals surface area contributed by atoms with E-state index in [2.05, 4.69) is 141 Å². The van der Waals surface area contributed by atoms with E-state index < -0.39 is 8.07 Å². The van der Waals surface area contributed by atoms with E-state index in [1.54, 1.807) is 0 Å². The van der Waals surface area contributed by atoms with Gasteiger partial charge in [0.25, 0.3) is 0 Å². The van der Waals surface area contributed by atoms with Gasteiger partial charge in [0, 0.05) is 11.8 Å². The Bertz CT molecular complexity index is 1980. The van der Waals surface area contributed by atoms with Crippen molar-refractivity contribution >= 4 is 56.4 Å². The Balaban J connectivity index is 1.42. The Labute approximate surface area is 224 Å². The van der Waals surface area contributed by atoms with Crippen LogP contribution in [0.2, 0.25) is 19.6 Å². The predicted octanol–water partition coefficient (Wildman–Crippen LogP) is 9.57. The summed E-state index contributed by atoms with van der Waals surface area (Å²) in [6.07, 6.45) is 2.08. The molecule has 0 aliphatic heterocycles. The lowest BCUT2D eigenvalue weighted by molar-refractivity contribution is 1.34. The highest BCUT2D eigenvalue weighted by atomic mass is 28.3. The summed E-state index contributed by atoms with van der Waals surface area (Å²) in [4.78, 5) is 4.87. The third-order valence-corrected chi connectivity index (χ3v) is 9.87. The summed E-state index contributed by atoms with van der Waals surface area (Å²) in [5.74, 6) is 0. The maximum absolute atomic E-state index is 4.87. The molecular weight excluding hydrogens is 474 g/mol. The minimum absolute atomic E-state index is 1.03. The number of nitrogens with zero attached hydrogens (tertiary/aromatic N) is 1. The van der Waals surface area contributed by atoms with Crippen LogP contribution in [0.25, 0.3) is 65.5 Å². The third kappa shape index (κ3) is 3.80. The molecule has 0 amide bonds. The highest BCUT2D eigenvalue weighted by Crippen LogP contribution is 2.39. The average Bonchev–Trinajstić information content (AvgIpc) is 2.96. The number of hydrogen-bond acceptors (Lipinski definition) is 1. The number of fused-ring (bicyclic) bond motifs is 7. The topological polar surface area (TPSA) is 12.9 Å². The molecule has 6 aromatic carbocycles. The first-order valence-corrected chi connectivity index (χ1v) is 16.8. The van der Waals surface area contributed by atoms with Crippen molar-refractivity contribution in [3.05, 3.63) is 121 Å². The van der Waals surface area contributed by atoms with Crippen molar-refractivity contribution in [3.63, 3.8) is 0 Å². The molecule has 0 saturated carbocycles. The molecule has 2 heteroatoms. The first kappa shape index (κ1) is 22.9. The fourth-order valence-electron chi connectivity index (χ4n) is 5.67. The minimum atomic E-state index is -1.37. The van der Waals surface area contributed by atoms with Crippen LogP contribution in [0.5, 0.6) is 0 Å². The molecule has 0 spiro atoms. The summed E-state index contributed by atoms with van der Waals surface area (Å²) in [7, 11) is -1.37. The van der Waals surface area contributed by atoms with Crippen LogP contribution in [-0.4, -0.2) is 13.1 Å². The van der Waals surface area contributed by atoms with Gasteiger partial charge in [0.05, 0.1) is 13.8 Å². The van der Waals surface area contributed by atoms with Gasteiger partial charge in [-0.2, -0.15) is 0 Å². The number of aromatic nitrogens is 1. The molecule has 1 nitrogen and oxygen atoms in total. The van der Waals surface area contributed by atoms with Crippen LogP contribution < -0.4 is 5.19 Å².